The molecule has 74 valence electrons. The van der Waals surface area contributed by atoms with Crippen LogP contribution in [0.2, 0.25) is 0 Å². The van der Waals surface area contributed by atoms with Gasteiger partial charge in [0.25, 0.3) is 0 Å². The van der Waals surface area contributed by atoms with Gasteiger partial charge < -0.3 is 10.4 Å². The molecule has 2 N–H and O–H groups in total. The van der Waals surface area contributed by atoms with E-state index in [2.05, 4.69) is 5.32 Å². The second-order valence-corrected chi connectivity index (χ2v) is 5.17. The molecule has 0 aromatic rings. The van der Waals surface area contributed by atoms with Gasteiger partial charge >= 0.3 is 0 Å². The molecule has 3 aliphatic rings. The summed E-state index contributed by atoms with van der Waals surface area (Å²) in [4.78, 5) is 0. The van der Waals surface area contributed by atoms with Crippen LogP contribution in [0.5, 0.6) is 0 Å². The SMILES string of the molecule is OCC1NCCC12CCCC1CC12. The van der Waals surface area contributed by atoms with Crippen LogP contribution < -0.4 is 5.32 Å². The molecule has 13 heavy (non-hydrogen) atoms. The topological polar surface area (TPSA) is 32.3 Å². The highest BCUT2D eigenvalue weighted by Crippen LogP contribution is 2.63. The lowest BCUT2D eigenvalue weighted by molar-refractivity contribution is 0.0987. The van der Waals surface area contributed by atoms with Gasteiger partial charge in [-0.3, -0.25) is 0 Å². The molecule has 2 heteroatoms. The third-order valence-corrected chi connectivity index (χ3v) is 4.74. The first-order valence-electron chi connectivity index (χ1n) is 5.71. The molecule has 1 saturated heterocycles. The Morgan fingerprint density at radius 1 is 1.38 bits per heavy atom. The van der Waals surface area contributed by atoms with Crippen LogP contribution in [-0.4, -0.2) is 24.3 Å². The number of hydrogen-bond acceptors (Lipinski definition) is 2. The fraction of sp³-hybridized carbons (Fsp3) is 1.00. The summed E-state index contributed by atoms with van der Waals surface area (Å²) in [5.41, 5.74) is 0.512. The summed E-state index contributed by atoms with van der Waals surface area (Å²) in [7, 11) is 0. The molecule has 3 rings (SSSR count). The van der Waals surface area contributed by atoms with Gasteiger partial charge in [-0.15, -0.1) is 0 Å². The smallest absolute Gasteiger partial charge is 0.0590 e. The van der Waals surface area contributed by atoms with Crippen molar-refractivity contribution < 1.29 is 5.11 Å². The largest absolute Gasteiger partial charge is 0.395 e. The Morgan fingerprint density at radius 2 is 2.31 bits per heavy atom. The highest BCUT2D eigenvalue weighted by molar-refractivity contribution is 5.10. The first kappa shape index (κ1) is 8.25. The van der Waals surface area contributed by atoms with Crippen molar-refractivity contribution in [1.29, 1.82) is 0 Å². The summed E-state index contributed by atoms with van der Waals surface area (Å²) >= 11 is 0. The van der Waals surface area contributed by atoms with Crippen LogP contribution in [0.1, 0.15) is 32.1 Å². The number of fused-ring (bicyclic) bond motifs is 2. The van der Waals surface area contributed by atoms with Crippen molar-refractivity contribution in [2.75, 3.05) is 13.2 Å². The van der Waals surface area contributed by atoms with Crippen molar-refractivity contribution in [3.8, 4) is 0 Å². The van der Waals surface area contributed by atoms with Gasteiger partial charge in [-0.25, -0.2) is 0 Å². The molecule has 2 nitrogen and oxygen atoms in total. The molecule has 0 aromatic carbocycles. The third kappa shape index (κ3) is 1.02. The Hall–Kier alpha value is -0.0800. The van der Waals surface area contributed by atoms with Gasteiger partial charge in [0.05, 0.1) is 6.61 Å². The number of aliphatic hydroxyl groups is 1. The summed E-state index contributed by atoms with van der Waals surface area (Å²) in [6.07, 6.45) is 7.01. The van der Waals surface area contributed by atoms with E-state index in [1.807, 2.05) is 0 Å². The quantitative estimate of drug-likeness (QED) is 0.636. The number of aliphatic hydroxyl groups excluding tert-OH is 1. The van der Waals surface area contributed by atoms with Gasteiger partial charge in [0.1, 0.15) is 0 Å². The van der Waals surface area contributed by atoms with Crippen molar-refractivity contribution in [3.05, 3.63) is 0 Å². The number of hydrogen-bond donors (Lipinski definition) is 2. The summed E-state index contributed by atoms with van der Waals surface area (Å²) in [6, 6.07) is 0.419. The van der Waals surface area contributed by atoms with E-state index in [-0.39, 0.29) is 0 Å². The Labute approximate surface area is 79.7 Å². The van der Waals surface area contributed by atoms with Crippen LogP contribution in [0, 0.1) is 17.3 Å². The maximum atomic E-state index is 9.36. The Morgan fingerprint density at radius 3 is 3.15 bits per heavy atom. The molecule has 0 amide bonds. The first-order valence-corrected chi connectivity index (χ1v) is 5.71. The van der Waals surface area contributed by atoms with Crippen LogP contribution in [0.25, 0.3) is 0 Å². The average molecular weight is 181 g/mol. The molecule has 0 radical (unpaired) electrons. The lowest BCUT2D eigenvalue weighted by Gasteiger charge is -2.38. The predicted molar refractivity (Wildman–Crippen MR) is 51.4 cm³/mol. The minimum atomic E-state index is 0.350. The molecule has 0 bridgehead atoms. The van der Waals surface area contributed by atoms with E-state index in [1.54, 1.807) is 0 Å². The molecule has 2 saturated carbocycles. The van der Waals surface area contributed by atoms with Gasteiger partial charge in [0, 0.05) is 6.04 Å². The first-order chi connectivity index (χ1) is 6.37. The summed E-state index contributed by atoms with van der Waals surface area (Å²) in [5.74, 6) is 2.00. The van der Waals surface area contributed by atoms with Crippen LogP contribution >= 0.6 is 0 Å². The highest BCUT2D eigenvalue weighted by Gasteiger charge is 2.58. The molecule has 1 spiro atoms. The maximum Gasteiger partial charge on any atom is 0.0590 e. The van der Waals surface area contributed by atoms with E-state index >= 15 is 0 Å². The van der Waals surface area contributed by atoms with Gasteiger partial charge in [-0.2, -0.15) is 0 Å². The van der Waals surface area contributed by atoms with Gasteiger partial charge in [0.15, 0.2) is 0 Å². The zero-order valence-electron chi connectivity index (χ0n) is 8.13. The highest BCUT2D eigenvalue weighted by atomic mass is 16.3. The second kappa shape index (κ2) is 2.71. The van der Waals surface area contributed by atoms with Crippen LogP contribution in [0.15, 0.2) is 0 Å². The molecule has 4 atom stereocenters. The maximum absolute atomic E-state index is 9.36. The fourth-order valence-corrected chi connectivity index (χ4v) is 4.00. The lowest BCUT2D eigenvalue weighted by Crippen LogP contribution is -2.42. The Kier molecular flexibility index (Phi) is 1.72. The van der Waals surface area contributed by atoms with Gasteiger partial charge in [-0.1, -0.05) is 12.8 Å². The zero-order valence-corrected chi connectivity index (χ0v) is 8.13. The van der Waals surface area contributed by atoms with Crippen molar-refractivity contribution in [3.63, 3.8) is 0 Å². The summed E-state index contributed by atoms with van der Waals surface area (Å²) < 4.78 is 0. The van der Waals surface area contributed by atoms with Crippen LogP contribution in [-0.2, 0) is 0 Å². The van der Waals surface area contributed by atoms with Crippen molar-refractivity contribution in [1.82, 2.24) is 5.32 Å². The molecule has 3 fully saturated rings. The van der Waals surface area contributed by atoms with E-state index in [0.717, 1.165) is 18.4 Å². The van der Waals surface area contributed by atoms with Crippen LogP contribution in [0.3, 0.4) is 0 Å². The Bertz CT molecular complexity index is 218. The van der Waals surface area contributed by atoms with Crippen molar-refractivity contribution >= 4 is 0 Å². The monoisotopic (exact) mass is 181 g/mol. The van der Waals surface area contributed by atoms with E-state index in [4.69, 9.17) is 0 Å². The molecular weight excluding hydrogens is 162 g/mol. The van der Waals surface area contributed by atoms with E-state index in [1.165, 1.54) is 32.1 Å². The summed E-state index contributed by atoms with van der Waals surface area (Å²) in [5, 5.41) is 12.8. The molecule has 0 aromatic heterocycles. The second-order valence-electron chi connectivity index (χ2n) is 5.17. The average Bonchev–Trinajstić information content (AvgIpc) is 2.83. The molecule has 4 unspecified atom stereocenters. The van der Waals surface area contributed by atoms with Crippen LogP contribution in [0.4, 0.5) is 0 Å². The lowest BCUT2D eigenvalue weighted by atomic mass is 9.68. The molecule has 1 heterocycles. The normalized spacial score (nSPS) is 53.8. The number of nitrogens with one attached hydrogen (secondary N) is 1. The van der Waals surface area contributed by atoms with Gasteiger partial charge in [0.2, 0.25) is 0 Å². The minimum Gasteiger partial charge on any atom is -0.395 e. The fourth-order valence-electron chi connectivity index (χ4n) is 4.00. The molecule has 2 aliphatic carbocycles. The van der Waals surface area contributed by atoms with Crippen molar-refractivity contribution in [2.24, 2.45) is 17.3 Å². The third-order valence-electron chi connectivity index (χ3n) is 4.74. The van der Waals surface area contributed by atoms with E-state index in [0.29, 0.717) is 18.1 Å². The standard InChI is InChI=1S/C11H19NO/c13-7-10-11(4-5-12-10)3-1-2-8-6-9(8)11/h8-10,12-13H,1-7H2. The van der Waals surface area contributed by atoms with Gasteiger partial charge in [-0.05, 0) is 43.1 Å². The summed E-state index contributed by atoms with van der Waals surface area (Å²) in [6.45, 7) is 1.48. The zero-order chi connectivity index (χ0) is 8.89. The molecular formula is C11H19NO. The van der Waals surface area contributed by atoms with E-state index < -0.39 is 0 Å². The number of rotatable bonds is 1. The minimum absolute atomic E-state index is 0.350. The van der Waals surface area contributed by atoms with E-state index in [9.17, 15) is 5.11 Å². The Balaban J connectivity index is 1.85. The predicted octanol–water partition coefficient (Wildman–Crippen LogP) is 1.15. The van der Waals surface area contributed by atoms with Crippen molar-refractivity contribution in [2.45, 2.75) is 38.1 Å². The molecule has 1 aliphatic heterocycles.